The summed E-state index contributed by atoms with van der Waals surface area (Å²) in [6.45, 7) is 1.34. The van der Waals surface area contributed by atoms with Crippen molar-refractivity contribution in [2.45, 2.75) is 29.1 Å². The van der Waals surface area contributed by atoms with Crippen molar-refractivity contribution in [1.29, 1.82) is 0 Å². The number of hydrogen-bond acceptors (Lipinski definition) is 3. The van der Waals surface area contributed by atoms with Crippen molar-refractivity contribution in [2.75, 3.05) is 0 Å². The largest absolute Gasteiger partial charge is 0.455 e. The van der Waals surface area contributed by atoms with Crippen molar-refractivity contribution < 1.29 is 10.9 Å². The third-order valence-electron chi connectivity index (χ3n) is 2.40. The van der Waals surface area contributed by atoms with Gasteiger partial charge < -0.3 is 4.74 Å². The molecule has 3 nitrogen and oxygen atoms in total. The van der Waals surface area contributed by atoms with E-state index in [4.69, 9.17) is 6.11 Å². The van der Waals surface area contributed by atoms with Crippen LogP contribution in [0, 0.1) is 0 Å². The van der Waals surface area contributed by atoms with Crippen LogP contribution in [-0.4, -0.2) is 15.8 Å². The number of ether oxygens (including phenoxy) is 1. The topological polar surface area (TPSA) is 39.2 Å². The van der Waals surface area contributed by atoms with Crippen LogP contribution in [0.25, 0.3) is 0 Å². The van der Waals surface area contributed by atoms with Crippen molar-refractivity contribution in [2.24, 2.45) is 0 Å². The minimum atomic E-state index is -1.05. The Labute approximate surface area is 112 Å². The van der Waals surface area contributed by atoms with E-state index >= 15 is 0 Å². The van der Waals surface area contributed by atoms with Gasteiger partial charge >= 0.3 is 5.97 Å². The molecule has 0 spiro atoms. The second-order valence-electron chi connectivity index (χ2n) is 3.59. The maximum absolute atomic E-state index is 11.1. The minimum absolute atomic E-state index is 0.0369. The molecule has 16 heavy (non-hydrogen) atoms. The SMILES string of the molecule is [2H][C@@]1(Br)CC(Br)c2cccnc2[C@H]1OC(C)=O. The highest BCUT2D eigenvalue weighted by Crippen LogP contribution is 2.44. The van der Waals surface area contributed by atoms with Gasteiger partial charge in [0.2, 0.25) is 0 Å². The predicted molar refractivity (Wildman–Crippen MR) is 67.7 cm³/mol. The van der Waals surface area contributed by atoms with Gasteiger partial charge in [0.25, 0.3) is 0 Å². The number of nitrogens with zero attached hydrogens (tertiary/aromatic N) is 1. The van der Waals surface area contributed by atoms with E-state index in [9.17, 15) is 4.79 Å². The number of halogens is 2. The van der Waals surface area contributed by atoms with Crippen LogP contribution in [-0.2, 0) is 9.53 Å². The highest BCUT2D eigenvalue weighted by molar-refractivity contribution is 9.10. The molecule has 0 aromatic carbocycles. The maximum atomic E-state index is 11.1. The summed E-state index contributed by atoms with van der Waals surface area (Å²) in [5, 5.41) is 0. The van der Waals surface area contributed by atoms with Crippen LogP contribution in [0.5, 0.6) is 0 Å². The molecule has 0 amide bonds. The second-order valence-corrected chi connectivity index (χ2v) is 5.71. The van der Waals surface area contributed by atoms with Crippen LogP contribution in [0.15, 0.2) is 18.3 Å². The van der Waals surface area contributed by atoms with E-state index in [-0.39, 0.29) is 4.83 Å². The van der Waals surface area contributed by atoms with Gasteiger partial charge in [0.05, 0.1) is 10.5 Å². The van der Waals surface area contributed by atoms with Gasteiger partial charge in [0.1, 0.15) is 0 Å². The zero-order chi connectivity index (χ0) is 12.6. The summed E-state index contributed by atoms with van der Waals surface area (Å²) in [6.07, 6.45) is 1.47. The average Bonchev–Trinajstić information content (AvgIpc) is 2.23. The Bertz CT molecular complexity index is 453. The van der Waals surface area contributed by atoms with E-state index in [2.05, 4.69) is 36.8 Å². The summed E-state index contributed by atoms with van der Waals surface area (Å²) in [5.41, 5.74) is 1.61. The molecule has 0 fully saturated rings. The van der Waals surface area contributed by atoms with Crippen LogP contribution in [0.4, 0.5) is 0 Å². The Morgan fingerprint density at radius 3 is 3.12 bits per heavy atom. The molecule has 0 N–H and O–H groups in total. The van der Waals surface area contributed by atoms with Crippen LogP contribution < -0.4 is 0 Å². The molecule has 0 aliphatic heterocycles. The number of rotatable bonds is 1. The fourth-order valence-corrected chi connectivity index (χ4v) is 3.54. The molecule has 1 aromatic rings. The molecule has 1 aliphatic rings. The molecule has 0 saturated carbocycles. The van der Waals surface area contributed by atoms with Gasteiger partial charge in [-0.3, -0.25) is 9.78 Å². The molecule has 86 valence electrons. The van der Waals surface area contributed by atoms with Crippen molar-refractivity contribution in [3.05, 3.63) is 29.6 Å². The predicted octanol–water partition coefficient (Wildman–Crippen LogP) is 3.29. The average molecular weight is 350 g/mol. The molecule has 5 heteroatoms. The Hall–Kier alpha value is -0.420. The fraction of sp³-hybridized carbons (Fsp3) is 0.455. The van der Waals surface area contributed by atoms with Crippen molar-refractivity contribution >= 4 is 37.8 Å². The lowest BCUT2D eigenvalue weighted by atomic mass is 9.93. The highest BCUT2D eigenvalue weighted by Gasteiger charge is 2.35. The Morgan fingerprint density at radius 2 is 2.44 bits per heavy atom. The van der Waals surface area contributed by atoms with E-state index in [1.807, 2.05) is 12.1 Å². The Balaban J connectivity index is 2.47. The number of hydrogen-bond donors (Lipinski definition) is 0. The summed E-state index contributed by atoms with van der Waals surface area (Å²) in [6, 6.07) is 3.77. The third-order valence-corrected chi connectivity index (χ3v) is 3.96. The first kappa shape index (κ1) is 10.7. The third kappa shape index (κ3) is 2.30. The van der Waals surface area contributed by atoms with E-state index in [0.29, 0.717) is 12.1 Å². The van der Waals surface area contributed by atoms with Gasteiger partial charge in [-0.1, -0.05) is 37.9 Å². The second kappa shape index (κ2) is 4.84. The maximum Gasteiger partial charge on any atom is 0.303 e. The van der Waals surface area contributed by atoms with Crippen LogP contribution in [0.3, 0.4) is 0 Å². The zero-order valence-electron chi connectivity index (χ0n) is 9.61. The molecule has 1 heterocycles. The molecule has 1 aromatic heterocycles. The number of carbonyl (C=O) groups excluding carboxylic acids is 1. The van der Waals surface area contributed by atoms with E-state index < -0.39 is 16.9 Å². The normalized spacial score (nSPS) is 33.8. The lowest BCUT2D eigenvalue weighted by molar-refractivity contribution is -0.147. The zero-order valence-corrected chi connectivity index (χ0v) is 11.8. The molecular formula is C11H11Br2NO2. The van der Waals surface area contributed by atoms with Gasteiger partial charge in [-0.15, -0.1) is 0 Å². The smallest absolute Gasteiger partial charge is 0.303 e. The molecule has 0 bridgehead atoms. The van der Waals surface area contributed by atoms with Crippen LogP contribution >= 0.6 is 31.9 Å². The number of pyridine rings is 1. The Morgan fingerprint density at radius 1 is 1.69 bits per heavy atom. The van der Waals surface area contributed by atoms with Crippen LogP contribution in [0.2, 0.25) is 0 Å². The highest BCUT2D eigenvalue weighted by atomic mass is 79.9. The van der Waals surface area contributed by atoms with Gasteiger partial charge in [0.15, 0.2) is 6.10 Å². The van der Waals surface area contributed by atoms with Gasteiger partial charge in [-0.05, 0) is 18.1 Å². The van der Waals surface area contributed by atoms with E-state index in [1.54, 1.807) is 6.20 Å². The van der Waals surface area contributed by atoms with E-state index in [0.717, 1.165) is 5.56 Å². The summed E-state index contributed by atoms with van der Waals surface area (Å²) in [7, 11) is 0. The quantitative estimate of drug-likeness (QED) is 0.577. The van der Waals surface area contributed by atoms with Crippen molar-refractivity contribution in [3.63, 3.8) is 0 Å². The first-order chi connectivity index (χ1) is 7.92. The first-order valence-electron chi connectivity index (χ1n) is 5.37. The number of alkyl halides is 2. The number of aromatic nitrogens is 1. The molecule has 1 aliphatic carbocycles. The van der Waals surface area contributed by atoms with Gasteiger partial charge in [-0.25, -0.2) is 0 Å². The summed E-state index contributed by atoms with van der Waals surface area (Å²) in [4.78, 5) is 14.4. The fourth-order valence-electron chi connectivity index (χ4n) is 1.74. The van der Waals surface area contributed by atoms with Crippen LogP contribution in [0.1, 0.15) is 36.9 Å². The lowest BCUT2D eigenvalue weighted by Crippen LogP contribution is -2.26. The first-order valence-corrected chi connectivity index (χ1v) is 6.57. The van der Waals surface area contributed by atoms with Crippen molar-refractivity contribution in [3.8, 4) is 0 Å². The van der Waals surface area contributed by atoms with Gasteiger partial charge in [-0.2, -0.15) is 0 Å². The molecular weight excluding hydrogens is 338 g/mol. The number of fused-ring (bicyclic) bond motifs is 1. The van der Waals surface area contributed by atoms with E-state index in [1.165, 1.54) is 6.92 Å². The number of carbonyl (C=O) groups is 1. The van der Waals surface area contributed by atoms with Gasteiger partial charge in [0, 0.05) is 19.3 Å². The number of esters is 1. The summed E-state index contributed by atoms with van der Waals surface area (Å²) in [5.74, 6) is -0.407. The lowest BCUT2D eigenvalue weighted by Gasteiger charge is -2.31. The minimum Gasteiger partial charge on any atom is -0.455 e. The Kier molecular flexibility index (Phi) is 3.24. The molecule has 0 saturated heterocycles. The monoisotopic (exact) mass is 348 g/mol. The molecule has 1 unspecified atom stereocenters. The molecule has 3 atom stereocenters. The summed E-state index contributed by atoms with van der Waals surface area (Å²) < 4.78 is 13.4. The van der Waals surface area contributed by atoms with Crippen molar-refractivity contribution in [1.82, 2.24) is 4.98 Å². The summed E-state index contributed by atoms with van der Waals surface area (Å²) >= 11 is 6.84. The standard InChI is InChI=1S/C11H11Br2NO2/c1-6(15)16-11-9(13)5-8(12)7-3-2-4-14-10(7)11/h2-4,8-9,11H,5H2,1H3/t8?,9-,11+/m1/s1/i9D. The molecule has 2 rings (SSSR count). The molecule has 0 radical (unpaired) electrons.